The van der Waals surface area contributed by atoms with E-state index in [-0.39, 0.29) is 0 Å². The Morgan fingerprint density at radius 3 is 2.21 bits per heavy atom. The van der Waals surface area contributed by atoms with Gasteiger partial charge in [0, 0.05) is 6.54 Å². The number of nitrogens with zero attached hydrogens (tertiary/aromatic N) is 1. The van der Waals surface area contributed by atoms with Gasteiger partial charge in [-0.05, 0) is 73.0 Å². The average Bonchev–Trinajstić information content (AvgIpc) is 2.73. The van der Waals surface area contributed by atoms with Crippen LogP contribution in [0, 0.1) is 0 Å². The summed E-state index contributed by atoms with van der Waals surface area (Å²) < 4.78 is 0. The lowest BCUT2D eigenvalue weighted by atomic mass is 9.94. The van der Waals surface area contributed by atoms with E-state index in [4.69, 9.17) is 0 Å². The predicted octanol–water partition coefficient (Wildman–Crippen LogP) is 7.08. The van der Waals surface area contributed by atoms with Gasteiger partial charge in [-0.2, -0.15) is 0 Å². The molecular weight excluding hydrogens is 338 g/mol. The summed E-state index contributed by atoms with van der Waals surface area (Å²) >= 11 is 0. The lowest BCUT2D eigenvalue weighted by Gasteiger charge is -2.21. The second kappa shape index (κ2) is 12.6. The summed E-state index contributed by atoms with van der Waals surface area (Å²) in [4.78, 5) is 2.61. The normalized spacial score (nSPS) is 11.1. The minimum Gasteiger partial charge on any atom is -0.299 e. The van der Waals surface area contributed by atoms with Crippen molar-refractivity contribution >= 4 is 6.08 Å². The average molecular weight is 378 g/mol. The van der Waals surface area contributed by atoms with E-state index in [2.05, 4.69) is 74.7 Å². The fourth-order valence-electron chi connectivity index (χ4n) is 4.03. The Morgan fingerprint density at radius 1 is 0.821 bits per heavy atom. The monoisotopic (exact) mass is 377 g/mol. The summed E-state index contributed by atoms with van der Waals surface area (Å²) in [5.74, 6) is 0. The van der Waals surface area contributed by atoms with Crippen LogP contribution in [0.1, 0.15) is 74.3 Å². The van der Waals surface area contributed by atoms with E-state index in [0.717, 1.165) is 25.8 Å². The zero-order chi connectivity index (χ0) is 20.2. The first-order valence-electron chi connectivity index (χ1n) is 11.2. The molecule has 2 aromatic carbocycles. The molecule has 0 saturated carbocycles. The quantitative estimate of drug-likeness (QED) is 0.337. The predicted molar refractivity (Wildman–Crippen MR) is 125 cm³/mol. The Bertz CT molecular complexity index is 699. The van der Waals surface area contributed by atoms with Crippen LogP contribution in [-0.4, -0.2) is 18.0 Å². The molecule has 0 amide bonds. The van der Waals surface area contributed by atoms with Crippen molar-refractivity contribution in [1.82, 2.24) is 4.90 Å². The minimum absolute atomic E-state index is 1.07. The molecule has 0 aromatic heterocycles. The van der Waals surface area contributed by atoms with Gasteiger partial charge in [0.2, 0.25) is 0 Å². The van der Waals surface area contributed by atoms with E-state index in [1.165, 1.54) is 66.6 Å². The highest BCUT2D eigenvalue weighted by Crippen LogP contribution is 2.19. The maximum atomic E-state index is 3.96. The van der Waals surface area contributed by atoms with Crippen LogP contribution in [0.3, 0.4) is 0 Å². The second-order valence-electron chi connectivity index (χ2n) is 7.84. The maximum absolute atomic E-state index is 3.96. The third-order valence-corrected chi connectivity index (χ3v) is 5.61. The minimum atomic E-state index is 1.07. The standard InChI is InChI=1S/C27H39N/c1-5-9-10-21-28(20-6-2)22-24-16-14-23(15-17-24)18-19-26-13-11-12-25(7-3)27(26)8-4/h7,11-17H,3,5-6,8-10,18-22H2,1-2,4H3. The summed E-state index contributed by atoms with van der Waals surface area (Å²) in [6.07, 6.45) is 10.4. The lowest BCUT2D eigenvalue weighted by Crippen LogP contribution is -2.25. The first-order valence-corrected chi connectivity index (χ1v) is 11.2. The largest absolute Gasteiger partial charge is 0.299 e. The fourth-order valence-corrected chi connectivity index (χ4v) is 4.03. The highest BCUT2D eigenvalue weighted by molar-refractivity contribution is 5.54. The smallest absolute Gasteiger partial charge is 0.0233 e. The molecule has 0 fully saturated rings. The van der Waals surface area contributed by atoms with Crippen LogP contribution in [0.4, 0.5) is 0 Å². The van der Waals surface area contributed by atoms with Gasteiger partial charge in [-0.3, -0.25) is 4.90 Å². The van der Waals surface area contributed by atoms with Gasteiger partial charge >= 0.3 is 0 Å². The molecule has 0 heterocycles. The molecule has 0 unspecified atom stereocenters. The van der Waals surface area contributed by atoms with Crippen molar-refractivity contribution in [3.63, 3.8) is 0 Å². The summed E-state index contributed by atoms with van der Waals surface area (Å²) in [7, 11) is 0. The number of unbranched alkanes of at least 4 members (excludes halogenated alkanes) is 2. The molecule has 28 heavy (non-hydrogen) atoms. The van der Waals surface area contributed by atoms with Gasteiger partial charge in [-0.15, -0.1) is 0 Å². The molecule has 152 valence electrons. The van der Waals surface area contributed by atoms with Crippen LogP contribution in [0.15, 0.2) is 49.0 Å². The summed E-state index contributed by atoms with van der Waals surface area (Å²) in [5, 5.41) is 0. The van der Waals surface area contributed by atoms with E-state index in [0.29, 0.717) is 0 Å². The van der Waals surface area contributed by atoms with E-state index in [1.54, 1.807) is 0 Å². The van der Waals surface area contributed by atoms with E-state index in [9.17, 15) is 0 Å². The number of hydrogen-bond acceptors (Lipinski definition) is 1. The summed E-state index contributed by atoms with van der Waals surface area (Å²) in [6, 6.07) is 15.9. The number of aryl methyl sites for hydroxylation is 2. The number of benzene rings is 2. The third-order valence-electron chi connectivity index (χ3n) is 5.61. The summed E-state index contributed by atoms with van der Waals surface area (Å²) in [5.41, 5.74) is 7.08. The zero-order valence-electron chi connectivity index (χ0n) is 18.3. The summed E-state index contributed by atoms with van der Waals surface area (Å²) in [6.45, 7) is 14.3. The molecule has 0 aliphatic carbocycles. The molecule has 0 atom stereocenters. The highest BCUT2D eigenvalue weighted by Gasteiger charge is 2.07. The molecule has 0 saturated heterocycles. The molecular formula is C27H39N. The molecule has 0 spiro atoms. The van der Waals surface area contributed by atoms with Crippen molar-refractivity contribution in [2.75, 3.05) is 13.1 Å². The number of rotatable bonds is 13. The Hall–Kier alpha value is -1.86. The Balaban J connectivity index is 1.94. The van der Waals surface area contributed by atoms with Crippen LogP contribution in [0.5, 0.6) is 0 Å². The van der Waals surface area contributed by atoms with Gasteiger partial charge < -0.3 is 0 Å². The maximum Gasteiger partial charge on any atom is 0.0233 e. The van der Waals surface area contributed by atoms with E-state index >= 15 is 0 Å². The molecule has 0 aliphatic heterocycles. The van der Waals surface area contributed by atoms with Crippen LogP contribution >= 0.6 is 0 Å². The van der Waals surface area contributed by atoms with Crippen molar-refractivity contribution in [1.29, 1.82) is 0 Å². The first-order chi connectivity index (χ1) is 13.7. The van der Waals surface area contributed by atoms with E-state index < -0.39 is 0 Å². The zero-order valence-corrected chi connectivity index (χ0v) is 18.3. The molecule has 0 aliphatic rings. The van der Waals surface area contributed by atoms with Crippen LogP contribution in [0.25, 0.3) is 6.08 Å². The molecule has 0 bridgehead atoms. The Labute approximate surface area is 173 Å². The van der Waals surface area contributed by atoms with Crippen LogP contribution in [-0.2, 0) is 25.8 Å². The van der Waals surface area contributed by atoms with Crippen molar-refractivity contribution < 1.29 is 0 Å². The van der Waals surface area contributed by atoms with Gasteiger partial charge in [0.25, 0.3) is 0 Å². The van der Waals surface area contributed by atoms with Crippen molar-refractivity contribution in [2.45, 2.75) is 72.3 Å². The van der Waals surface area contributed by atoms with Gasteiger partial charge in [-0.25, -0.2) is 0 Å². The Morgan fingerprint density at radius 2 is 1.57 bits per heavy atom. The van der Waals surface area contributed by atoms with Gasteiger partial charge in [0.1, 0.15) is 0 Å². The van der Waals surface area contributed by atoms with Crippen LogP contribution < -0.4 is 0 Å². The topological polar surface area (TPSA) is 3.24 Å². The van der Waals surface area contributed by atoms with E-state index in [1.807, 2.05) is 6.08 Å². The fraction of sp³-hybridized carbons (Fsp3) is 0.481. The van der Waals surface area contributed by atoms with Crippen molar-refractivity contribution in [2.24, 2.45) is 0 Å². The SMILES string of the molecule is C=Cc1cccc(CCc2ccc(CN(CCC)CCCCC)cc2)c1CC. The lowest BCUT2D eigenvalue weighted by molar-refractivity contribution is 0.260. The molecule has 2 aromatic rings. The second-order valence-corrected chi connectivity index (χ2v) is 7.84. The molecule has 0 radical (unpaired) electrons. The Kier molecular flexibility index (Phi) is 10.1. The highest BCUT2D eigenvalue weighted by atomic mass is 15.1. The number of hydrogen-bond donors (Lipinski definition) is 0. The first kappa shape index (κ1) is 22.4. The third kappa shape index (κ3) is 6.95. The molecule has 0 N–H and O–H groups in total. The van der Waals surface area contributed by atoms with Gasteiger partial charge in [0.15, 0.2) is 0 Å². The molecule has 2 rings (SSSR count). The molecule has 1 nitrogen and oxygen atoms in total. The van der Waals surface area contributed by atoms with Gasteiger partial charge in [-0.1, -0.05) is 88.7 Å². The van der Waals surface area contributed by atoms with Crippen molar-refractivity contribution in [3.8, 4) is 0 Å². The van der Waals surface area contributed by atoms with Gasteiger partial charge in [0.05, 0.1) is 0 Å². The van der Waals surface area contributed by atoms with Crippen LogP contribution in [0.2, 0.25) is 0 Å². The van der Waals surface area contributed by atoms with Crippen molar-refractivity contribution in [3.05, 3.63) is 76.9 Å². The molecule has 1 heteroatoms.